The maximum absolute atomic E-state index is 12.3. The van der Waals surface area contributed by atoms with Gasteiger partial charge in [-0.2, -0.15) is 0 Å². The number of carbonyl (C=O) groups is 4. The lowest BCUT2D eigenvalue weighted by atomic mass is 10.0. The van der Waals surface area contributed by atoms with Crippen molar-refractivity contribution in [2.75, 3.05) is 6.54 Å². The van der Waals surface area contributed by atoms with Gasteiger partial charge in [0.1, 0.15) is 29.5 Å². The van der Waals surface area contributed by atoms with Crippen LogP contribution in [0.3, 0.4) is 0 Å². The molecule has 0 aliphatic rings. The van der Waals surface area contributed by atoms with Gasteiger partial charge in [0.15, 0.2) is 11.5 Å². The van der Waals surface area contributed by atoms with Gasteiger partial charge in [-0.05, 0) is 85.9 Å². The first-order valence-electron chi connectivity index (χ1n) is 12.7. The second kappa shape index (κ2) is 14.6. The molecule has 0 aromatic heterocycles. The monoisotopic (exact) mass is 555 g/mol. The number of hydrogen-bond acceptors (Lipinski definition) is 11. The van der Waals surface area contributed by atoms with Crippen LogP contribution >= 0.6 is 0 Å². The van der Waals surface area contributed by atoms with E-state index in [4.69, 9.17) is 28.4 Å². The number of carboxylic acid groups (broad SMARTS) is 1. The predicted molar refractivity (Wildman–Crippen MR) is 140 cm³/mol. The molecule has 0 amide bonds. The van der Waals surface area contributed by atoms with Crippen molar-refractivity contribution in [3.05, 3.63) is 23.8 Å². The summed E-state index contributed by atoms with van der Waals surface area (Å²) < 4.78 is 31.0. The van der Waals surface area contributed by atoms with Crippen molar-refractivity contribution in [1.29, 1.82) is 0 Å². The molecule has 1 aromatic carbocycles. The van der Waals surface area contributed by atoms with E-state index >= 15 is 0 Å². The Labute approximate surface area is 229 Å². The molecule has 0 spiro atoms. The third kappa shape index (κ3) is 14.3. The summed E-state index contributed by atoms with van der Waals surface area (Å²) in [5.41, 5.74) is -1.23. The zero-order valence-electron chi connectivity index (χ0n) is 24.1. The number of nitrogens with one attached hydrogen (secondary N) is 1. The highest BCUT2D eigenvalue weighted by molar-refractivity contribution is 5.74. The van der Waals surface area contributed by atoms with E-state index in [0.29, 0.717) is 12.0 Å². The SMILES string of the molecule is CCC(C)OC(=O)OC(C)CN[C@@H](Cc1ccc(OC(=O)OC(C)(C)C)c(OC(=O)OC(C)(C)C)c1)C(=O)O. The van der Waals surface area contributed by atoms with E-state index in [0.717, 1.165) is 0 Å². The van der Waals surface area contributed by atoms with Crippen molar-refractivity contribution in [1.82, 2.24) is 5.32 Å². The largest absolute Gasteiger partial charge is 0.514 e. The Kier molecular flexibility index (Phi) is 12.5. The summed E-state index contributed by atoms with van der Waals surface area (Å²) in [6.07, 6.45) is -3.29. The number of carboxylic acids is 1. The van der Waals surface area contributed by atoms with Crippen molar-refractivity contribution >= 4 is 24.4 Å². The summed E-state index contributed by atoms with van der Waals surface area (Å²) in [5.74, 6) is -1.45. The molecule has 220 valence electrons. The van der Waals surface area contributed by atoms with Gasteiger partial charge in [0.2, 0.25) is 0 Å². The number of carbonyl (C=O) groups excluding carboxylic acids is 3. The zero-order chi connectivity index (χ0) is 30.0. The van der Waals surface area contributed by atoms with Gasteiger partial charge in [0.05, 0.1) is 0 Å². The van der Waals surface area contributed by atoms with Gasteiger partial charge >= 0.3 is 24.4 Å². The first-order chi connectivity index (χ1) is 17.9. The van der Waals surface area contributed by atoms with Crippen LogP contribution in [-0.4, -0.2) is 65.5 Å². The van der Waals surface area contributed by atoms with Crippen molar-refractivity contribution in [3.8, 4) is 11.5 Å². The minimum Gasteiger partial charge on any atom is -0.480 e. The first-order valence-corrected chi connectivity index (χ1v) is 12.7. The number of benzene rings is 1. The Morgan fingerprint density at radius 3 is 1.82 bits per heavy atom. The molecule has 0 heterocycles. The molecular weight excluding hydrogens is 514 g/mol. The van der Waals surface area contributed by atoms with Crippen LogP contribution in [0, 0.1) is 0 Å². The Bertz CT molecular complexity index is 994. The van der Waals surface area contributed by atoms with E-state index < -0.39 is 47.8 Å². The zero-order valence-corrected chi connectivity index (χ0v) is 24.1. The van der Waals surface area contributed by atoms with Gasteiger partial charge in [-0.1, -0.05) is 13.0 Å². The van der Waals surface area contributed by atoms with Gasteiger partial charge in [0.25, 0.3) is 0 Å². The second-order valence-electron chi connectivity index (χ2n) is 10.9. The number of rotatable bonds is 11. The van der Waals surface area contributed by atoms with Gasteiger partial charge in [-0.3, -0.25) is 4.79 Å². The topological polar surface area (TPSA) is 156 Å². The highest BCUT2D eigenvalue weighted by atomic mass is 16.8. The second-order valence-corrected chi connectivity index (χ2v) is 10.9. The Balaban J connectivity index is 3.03. The van der Waals surface area contributed by atoms with Crippen LogP contribution in [0.15, 0.2) is 18.2 Å². The van der Waals surface area contributed by atoms with E-state index in [9.17, 15) is 24.3 Å². The molecule has 0 saturated heterocycles. The molecule has 3 atom stereocenters. The predicted octanol–water partition coefficient (Wildman–Crippen LogP) is 5.24. The molecule has 0 saturated carbocycles. The van der Waals surface area contributed by atoms with Crippen LogP contribution in [-0.2, 0) is 30.2 Å². The van der Waals surface area contributed by atoms with Crippen LogP contribution < -0.4 is 14.8 Å². The summed E-state index contributed by atoms with van der Waals surface area (Å²) in [6.45, 7) is 15.2. The Hall–Kier alpha value is -3.54. The van der Waals surface area contributed by atoms with Gasteiger partial charge in [-0.15, -0.1) is 0 Å². The molecule has 39 heavy (non-hydrogen) atoms. The molecule has 2 unspecified atom stereocenters. The van der Waals surface area contributed by atoms with E-state index in [1.165, 1.54) is 18.2 Å². The normalized spacial score (nSPS) is 13.9. The van der Waals surface area contributed by atoms with E-state index in [-0.39, 0.29) is 30.6 Å². The fraction of sp³-hybridized carbons (Fsp3) is 0.630. The quantitative estimate of drug-likeness (QED) is 0.208. The van der Waals surface area contributed by atoms with Crippen molar-refractivity contribution in [3.63, 3.8) is 0 Å². The Morgan fingerprint density at radius 2 is 1.33 bits per heavy atom. The summed E-state index contributed by atoms with van der Waals surface area (Å²) in [5, 5.41) is 12.6. The Morgan fingerprint density at radius 1 is 0.821 bits per heavy atom. The summed E-state index contributed by atoms with van der Waals surface area (Å²) >= 11 is 0. The van der Waals surface area contributed by atoms with Crippen molar-refractivity contribution in [2.45, 2.75) is 105 Å². The molecule has 0 aliphatic carbocycles. The van der Waals surface area contributed by atoms with Gasteiger partial charge in [0, 0.05) is 6.54 Å². The van der Waals surface area contributed by atoms with Crippen LogP contribution in [0.2, 0.25) is 0 Å². The minimum atomic E-state index is -1.16. The van der Waals surface area contributed by atoms with Crippen LogP contribution in [0.25, 0.3) is 0 Å². The standard InChI is InChI=1S/C27H41NO11/c1-10-16(2)34-23(31)35-17(3)15-28-19(22(29)30)13-18-11-12-20(36-24(32)38-26(4,5)6)21(14-18)37-25(33)39-27(7,8)9/h11-12,14,16-17,19,28H,10,13,15H2,1-9H3,(H,29,30)/t16?,17?,19-/m0/s1. The number of aliphatic carboxylic acids is 1. The first kappa shape index (κ1) is 33.5. The molecule has 1 rings (SSSR count). The highest BCUT2D eigenvalue weighted by Crippen LogP contribution is 2.31. The van der Waals surface area contributed by atoms with Crippen molar-refractivity contribution in [2.24, 2.45) is 0 Å². The number of hydrogen-bond donors (Lipinski definition) is 2. The third-order valence-corrected chi connectivity index (χ3v) is 4.73. The minimum absolute atomic E-state index is 0.0354. The highest BCUT2D eigenvalue weighted by Gasteiger charge is 2.25. The molecule has 1 aromatic rings. The fourth-order valence-corrected chi connectivity index (χ4v) is 2.84. The van der Waals surface area contributed by atoms with Crippen LogP contribution in [0.4, 0.5) is 14.4 Å². The molecule has 12 heteroatoms. The lowest BCUT2D eigenvalue weighted by Crippen LogP contribution is -2.42. The molecule has 0 radical (unpaired) electrons. The van der Waals surface area contributed by atoms with E-state index in [1.54, 1.807) is 55.4 Å². The average molecular weight is 556 g/mol. The van der Waals surface area contributed by atoms with Crippen LogP contribution in [0.5, 0.6) is 11.5 Å². The molecule has 0 bridgehead atoms. The fourth-order valence-electron chi connectivity index (χ4n) is 2.84. The molecular formula is C27H41NO11. The van der Waals surface area contributed by atoms with Crippen molar-refractivity contribution < 1.29 is 52.7 Å². The molecule has 0 aliphatic heterocycles. The van der Waals surface area contributed by atoms with Crippen LogP contribution in [0.1, 0.15) is 74.3 Å². The maximum atomic E-state index is 12.3. The maximum Gasteiger partial charge on any atom is 0.514 e. The third-order valence-electron chi connectivity index (χ3n) is 4.73. The van der Waals surface area contributed by atoms with E-state index in [2.05, 4.69) is 5.32 Å². The molecule has 2 N–H and O–H groups in total. The molecule has 12 nitrogen and oxygen atoms in total. The smallest absolute Gasteiger partial charge is 0.480 e. The number of ether oxygens (including phenoxy) is 6. The summed E-state index contributed by atoms with van der Waals surface area (Å²) in [7, 11) is 0. The molecule has 0 fully saturated rings. The van der Waals surface area contributed by atoms with Gasteiger partial charge in [-0.25, -0.2) is 14.4 Å². The lowest BCUT2D eigenvalue weighted by Gasteiger charge is -2.21. The summed E-state index contributed by atoms with van der Waals surface area (Å²) in [6, 6.07) is 3.15. The lowest BCUT2D eigenvalue weighted by molar-refractivity contribution is -0.139. The van der Waals surface area contributed by atoms with E-state index in [1.807, 2.05) is 6.92 Å². The van der Waals surface area contributed by atoms with Gasteiger partial charge < -0.3 is 38.8 Å². The average Bonchev–Trinajstić information content (AvgIpc) is 2.75. The summed E-state index contributed by atoms with van der Waals surface area (Å²) in [4.78, 5) is 48.2.